The third-order valence-corrected chi connectivity index (χ3v) is 4.09. The van der Waals surface area contributed by atoms with Crippen LogP contribution in [0.1, 0.15) is 31.8 Å². The molecule has 0 fully saturated rings. The first-order valence-corrected chi connectivity index (χ1v) is 8.02. The Morgan fingerprint density at radius 1 is 1.25 bits per heavy atom. The topological polar surface area (TPSA) is 55.4 Å². The fraction of sp³-hybridized carbons (Fsp3) is 0.263. The van der Waals surface area contributed by atoms with E-state index in [-0.39, 0.29) is 0 Å². The van der Waals surface area contributed by atoms with Crippen molar-refractivity contribution in [2.45, 2.75) is 34.1 Å². The van der Waals surface area contributed by atoms with Gasteiger partial charge in [0.15, 0.2) is 0 Å². The lowest BCUT2D eigenvalue weighted by molar-refractivity contribution is 0.857. The van der Waals surface area contributed by atoms with Crippen molar-refractivity contribution in [3.8, 4) is 11.3 Å². The van der Waals surface area contributed by atoms with Gasteiger partial charge in [0.25, 0.3) is 0 Å². The first-order valence-electron chi connectivity index (χ1n) is 8.02. The van der Waals surface area contributed by atoms with E-state index in [9.17, 15) is 0 Å². The van der Waals surface area contributed by atoms with Crippen LogP contribution in [0.2, 0.25) is 0 Å². The second-order valence-electron chi connectivity index (χ2n) is 5.82. The lowest BCUT2D eigenvalue weighted by Gasteiger charge is -2.06. The van der Waals surface area contributed by atoms with Crippen molar-refractivity contribution >= 4 is 16.9 Å². The molecule has 0 radical (unpaired) electrons. The number of hydrogen-bond acceptors (Lipinski definition) is 4. The van der Waals surface area contributed by atoms with Crippen molar-refractivity contribution in [2.24, 2.45) is 4.99 Å². The van der Waals surface area contributed by atoms with Crippen molar-refractivity contribution in [2.75, 3.05) is 0 Å². The minimum atomic E-state index is 0.741. The van der Waals surface area contributed by atoms with E-state index < -0.39 is 0 Å². The van der Waals surface area contributed by atoms with E-state index in [1.807, 2.05) is 55.9 Å². The van der Waals surface area contributed by atoms with Crippen molar-refractivity contribution in [3.05, 3.63) is 54.3 Å². The van der Waals surface area contributed by atoms with Crippen LogP contribution in [0.3, 0.4) is 0 Å². The van der Waals surface area contributed by atoms with Crippen LogP contribution >= 0.6 is 0 Å². The number of aromatic nitrogens is 4. The largest absolute Gasteiger partial charge is 0.252 e. The minimum absolute atomic E-state index is 0.741. The number of aliphatic imine (C=N–C) groups is 1. The molecule has 3 heterocycles. The van der Waals surface area contributed by atoms with Gasteiger partial charge in [-0.25, -0.2) is 9.50 Å². The summed E-state index contributed by atoms with van der Waals surface area (Å²) in [6, 6.07) is 6.00. The average molecular weight is 319 g/mol. The van der Waals surface area contributed by atoms with Crippen LogP contribution < -0.4 is 0 Å². The standard InChI is InChI=1S/C19H21N5/c1-6-12(2)13(3)21-17-7-8-18(22-14(17)4)16-9-10-24-19(16)11-20-15(5)23-24/h7-11H,2,6H2,1,3-5H3. The van der Waals surface area contributed by atoms with Gasteiger partial charge < -0.3 is 0 Å². The Hall–Kier alpha value is -2.82. The Morgan fingerprint density at radius 2 is 2.04 bits per heavy atom. The van der Waals surface area contributed by atoms with Gasteiger partial charge in [-0.1, -0.05) is 13.5 Å². The van der Waals surface area contributed by atoms with Gasteiger partial charge in [0.2, 0.25) is 0 Å². The Labute approximate surface area is 141 Å². The zero-order valence-electron chi connectivity index (χ0n) is 14.5. The van der Waals surface area contributed by atoms with E-state index in [0.717, 1.165) is 51.7 Å². The molecule has 0 aliphatic heterocycles. The fourth-order valence-corrected chi connectivity index (χ4v) is 2.54. The van der Waals surface area contributed by atoms with E-state index in [1.165, 1.54) is 0 Å². The molecule has 0 aliphatic rings. The van der Waals surface area contributed by atoms with Crippen molar-refractivity contribution in [3.63, 3.8) is 0 Å². The summed E-state index contributed by atoms with van der Waals surface area (Å²) in [5, 5.41) is 4.38. The highest BCUT2D eigenvalue weighted by Gasteiger charge is 2.10. The predicted octanol–water partition coefficient (Wildman–Crippen LogP) is 4.47. The molecule has 24 heavy (non-hydrogen) atoms. The number of fused-ring (bicyclic) bond motifs is 1. The van der Waals surface area contributed by atoms with Crippen molar-refractivity contribution in [1.82, 2.24) is 19.6 Å². The van der Waals surface area contributed by atoms with E-state index in [2.05, 4.69) is 28.6 Å². The molecule has 0 saturated heterocycles. The molecular weight excluding hydrogens is 298 g/mol. The molecular formula is C19H21N5. The second kappa shape index (κ2) is 6.35. The van der Waals surface area contributed by atoms with Gasteiger partial charge in [0.05, 0.1) is 28.8 Å². The van der Waals surface area contributed by atoms with E-state index >= 15 is 0 Å². The molecule has 0 amide bonds. The molecule has 5 nitrogen and oxygen atoms in total. The number of hydrogen-bond donors (Lipinski definition) is 0. The number of pyridine rings is 1. The van der Waals surface area contributed by atoms with Gasteiger partial charge >= 0.3 is 0 Å². The summed E-state index contributed by atoms with van der Waals surface area (Å²) >= 11 is 0. The van der Waals surface area contributed by atoms with Gasteiger partial charge in [-0.3, -0.25) is 9.98 Å². The van der Waals surface area contributed by atoms with Gasteiger partial charge in [-0.2, -0.15) is 5.10 Å². The van der Waals surface area contributed by atoms with E-state index in [4.69, 9.17) is 4.98 Å². The fourth-order valence-electron chi connectivity index (χ4n) is 2.54. The molecule has 0 N–H and O–H groups in total. The number of aryl methyl sites for hydroxylation is 2. The zero-order chi connectivity index (χ0) is 17.3. The molecule has 0 spiro atoms. The molecule has 122 valence electrons. The molecule has 0 bridgehead atoms. The summed E-state index contributed by atoms with van der Waals surface area (Å²) < 4.78 is 1.83. The lowest BCUT2D eigenvalue weighted by Crippen LogP contribution is -1.96. The quantitative estimate of drug-likeness (QED) is 0.667. The zero-order valence-corrected chi connectivity index (χ0v) is 14.5. The van der Waals surface area contributed by atoms with Crippen molar-refractivity contribution in [1.29, 1.82) is 0 Å². The molecule has 3 rings (SSSR count). The summed E-state index contributed by atoms with van der Waals surface area (Å²) in [5.74, 6) is 0.741. The van der Waals surface area contributed by atoms with Crippen LogP contribution in [0.25, 0.3) is 16.8 Å². The smallest absolute Gasteiger partial charge is 0.146 e. The summed E-state index contributed by atoms with van der Waals surface area (Å²) in [6.45, 7) is 11.9. The van der Waals surface area contributed by atoms with Crippen LogP contribution in [0.4, 0.5) is 5.69 Å². The molecule has 0 saturated carbocycles. The summed E-state index contributed by atoms with van der Waals surface area (Å²) in [6.07, 6.45) is 4.66. The SMILES string of the molecule is C=C(CC)C(C)=Nc1ccc(-c2ccn3nc(C)ncc23)nc1C. The number of rotatable bonds is 4. The van der Waals surface area contributed by atoms with Crippen LogP contribution in [-0.2, 0) is 0 Å². The Morgan fingerprint density at radius 3 is 2.75 bits per heavy atom. The maximum Gasteiger partial charge on any atom is 0.146 e. The predicted molar refractivity (Wildman–Crippen MR) is 97.9 cm³/mol. The third-order valence-electron chi connectivity index (χ3n) is 4.09. The van der Waals surface area contributed by atoms with Gasteiger partial charge in [-0.05, 0) is 51.0 Å². The maximum atomic E-state index is 4.72. The first kappa shape index (κ1) is 16.1. The maximum absolute atomic E-state index is 4.72. The summed E-state index contributed by atoms with van der Waals surface area (Å²) in [4.78, 5) is 13.7. The minimum Gasteiger partial charge on any atom is -0.252 e. The van der Waals surface area contributed by atoms with Crippen LogP contribution in [0.15, 0.2) is 47.7 Å². The summed E-state index contributed by atoms with van der Waals surface area (Å²) in [7, 11) is 0. The molecule has 0 aromatic carbocycles. The third kappa shape index (κ3) is 2.97. The lowest BCUT2D eigenvalue weighted by atomic mass is 10.1. The highest BCUT2D eigenvalue weighted by Crippen LogP contribution is 2.27. The Balaban J connectivity index is 2.01. The van der Waals surface area contributed by atoms with Crippen LogP contribution in [0.5, 0.6) is 0 Å². The Bertz CT molecular complexity index is 950. The molecule has 0 atom stereocenters. The summed E-state index contributed by atoms with van der Waals surface area (Å²) in [5.41, 5.74) is 6.62. The van der Waals surface area contributed by atoms with Crippen molar-refractivity contribution < 1.29 is 0 Å². The number of allylic oxidation sites excluding steroid dienone is 1. The highest BCUT2D eigenvalue weighted by atomic mass is 15.2. The second-order valence-corrected chi connectivity index (χ2v) is 5.82. The molecule has 5 heteroatoms. The molecule has 3 aromatic rings. The molecule has 3 aromatic heterocycles. The normalized spacial score (nSPS) is 11.9. The first-order chi connectivity index (χ1) is 11.5. The van der Waals surface area contributed by atoms with Crippen LogP contribution in [0, 0.1) is 13.8 Å². The van der Waals surface area contributed by atoms with Gasteiger partial charge in [0.1, 0.15) is 5.82 Å². The van der Waals surface area contributed by atoms with Gasteiger partial charge in [-0.15, -0.1) is 0 Å². The van der Waals surface area contributed by atoms with Gasteiger partial charge in [0, 0.05) is 17.5 Å². The molecule has 0 aliphatic carbocycles. The Kier molecular flexibility index (Phi) is 4.25. The molecule has 0 unspecified atom stereocenters. The average Bonchev–Trinajstić information content (AvgIpc) is 2.98. The number of nitrogens with zero attached hydrogens (tertiary/aromatic N) is 5. The van der Waals surface area contributed by atoms with E-state index in [0.29, 0.717) is 0 Å². The highest BCUT2D eigenvalue weighted by molar-refractivity contribution is 5.99. The monoisotopic (exact) mass is 319 g/mol. The van der Waals surface area contributed by atoms with E-state index in [1.54, 1.807) is 0 Å². The van der Waals surface area contributed by atoms with Crippen LogP contribution in [-0.4, -0.2) is 25.3 Å².